The molecule has 2 N–H and O–H groups in total. The maximum Gasteiger partial charge on any atom is 0.339 e. The number of carbonyl (C=O) groups is 2. The Morgan fingerprint density at radius 1 is 1.23 bits per heavy atom. The number of fused-ring (bicyclic) bond motifs is 1. The molecule has 0 unspecified atom stereocenters. The Morgan fingerprint density at radius 3 is 2.71 bits per heavy atom. The molecule has 0 aliphatic heterocycles. The number of aryl methyl sites for hydroxylation is 1. The standard InChI is InChI=1S/C21H11F2N3O4S/c1-9-5-6-11(16(23)15(9)22)18-14(21(28)29)13(8-31-18)25-19(27)20-26-12-4-2-3-10(7-24)17(12)30-20/h2-6,8H,1H3,(H,25,27)(H,28,29). The van der Waals surface area contributed by atoms with E-state index in [9.17, 15) is 23.5 Å². The number of aromatic carboxylic acids is 1. The molecule has 2 aromatic heterocycles. The van der Waals surface area contributed by atoms with Crippen LogP contribution in [0.5, 0.6) is 0 Å². The average molecular weight is 439 g/mol. The Kier molecular flexibility index (Phi) is 4.96. The largest absolute Gasteiger partial charge is 0.478 e. The Bertz CT molecular complexity index is 1420. The molecule has 154 valence electrons. The second-order valence-corrected chi connectivity index (χ2v) is 7.34. The number of aromatic nitrogens is 1. The summed E-state index contributed by atoms with van der Waals surface area (Å²) in [5, 5.41) is 22.4. The van der Waals surface area contributed by atoms with Crippen molar-refractivity contribution >= 4 is 40.0 Å². The summed E-state index contributed by atoms with van der Waals surface area (Å²) in [6.45, 7) is 1.39. The van der Waals surface area contributed by atoms with Crippen LogP contribution in [0.1, 0.15) is 32.2 Å². The molecule has 10 heteroatoms. The monoisotopic (exact) mass is 439 g/mol. The third-order valence-corrected chi connectivity index (χ3v) is 5.52. The molecule has 0 radical (unpaired) electrons. The van der Waals surface area contributed by atoms with E-state index in [0.29, 0.717) is 0 Å². The summed E-state index contributed by atoms with van der Waals surface area (Å²) in [6.07, 6.45) is 0. The van der Waals surface area contributed by atoms with Gasteiger partial charge in [0.15, 0.2) is 17.2 Å². The molecule has 0 atom stereocenters. The summed E-state index contributed by atoms with van der Waals surface area (Å²) >= 11 is 0.838. The SMILES string of the molecule is Cc1ccc(-c2scc(NC(=O)c3nc4cccc(C#N)c4o3)c2C(=O)O)c(F)c1F. The van der Waals surface area contributed by atoms with Gasteiger partial charge in [0.2, 0.25) is 0 Å². The Hall–Kier alpha value is -4.10. The van der Waals surface area contributed by atoms with Crippen LogP contribution in [-0.2, 0) is 0 Å². The predicted octanol–water partition coefficient (Wildman–Crippen LogP) is 4.97. The lowest BCUT2D eigenvalue weighted by Gasteiger charge is -2.07. The number of nitrogens with zero attached hydrogens (tertiary/aromatic N) is 2. The number of halogens is 2. The fourth-order valence-electron chi connectivity index (χ4n) is 2.99. The zero-order chi connectivity index (χ0) is 22.3. The van der Waals surface area contributed by atoms with Gasteiger partial charge < -0.3 is 14.8 Å². The van der Waals surface area contributed by atoms with E-state index in [1.807, 2.05) is 6.07 Å². The number of nitrogens with one attached hydrogen (secondary N) is 1. The van der Waals surface area contributed by atoms with E-state index >= 15 is 0 Å². The van der Waals surface area contributed by atoms with E-state index in [1.165, 1.54) is 30.5 Å². The normalized spacial score (nSPS) is 10.8. The van der Waals surface area contributed by atoms with Gasteiger partial charge in [0.1, 0.15) is 17.1 Å². The molecular formula is C21H11F2N3O4S. The van der Waals surface area contributed by atoms with Crippen LogP contribution in [-0.4, -0.2) is 22.0 Å². The number of thiophene rings is 1. The van der Waals surface area contributed by atoms with Crippen LogP contribution in [0, 0.1) is 29.9 Å². The lowest BCUT2D eigenvalue weighted by atomic mass is 10.1. The van der Waals surface area contributed by atoms with Crippen LogP contribution in [0.4, 0.5) is 14.5 Å². The first kappa shape index (κ1) is 20.2. The van der Waals surface area contributed by atoms with E-state index in [0.717, 1.165) is 11.3 Å². The predicted molar refractivity (Wildman–Crippen MR) is 108 cm³/mol. The number of oxazole rings is 1. The van der Waals surface area contributed by atoms with Gasteiger partial charge in [-0.15, -0.1) is 11.3 Å². The van der Waals surface area contributed by atoms with Crippen molar-refractivity contribution in [2.24, 2.45) is 0 Å². The van der Waals surface area contributed by atoms with E-state index < -0.39 is 29.1 Å². The van der Waals surface area contributed by atoms with Crippen molar-refractivity contribution in [1.29, 1.82) is 5.26 Å². The number of hydrogen-bond acceptors (Lipinski definition) is 6. The molecule has 4 aromatic rings. The summed E-state index contributed by atoms with van der Waals surface area (Å²) < 4.78 is 33.8. The van der Waals surface area contributed by atoms with Crippen molar-refractivity contribution in [1.82, 2.24) is 4.98 Å². The molecule has 0 saturated carbocycles. The molecule has 2 heterocycles. The van der Waals surface area contributed by atoms with Crippen LogP contribution in [0.25, 0.3) is 21.5 Å². The topological polar surface area (TPSA) is 116 Å². The van der Waals surface area contributed by atoms with E-state index in [-0.39, 0.29) is 44.2 Å². The fraction of sp³-hybridized carbons (Fsp3) is 0.0476. The summed E-state index contributed by atoms with van der Waals surface area (Å²) in [4.78, 5) is 28.4. The molecule has 0 fully saturated rings. The summed E-state index contributed by atoms with van der Waals surface area (Å²) in [5.74, 6) is -4.93. The van der Waals surface area contributed by atoms with Crippen molar-refractivity contribution in [3.63, 3.8) is 0 Å². The number of rotatable bonds is 4. The van der Waals surface area contributed by atoms with Crippen LogP contribution < -0.4 is 5.32 Å². The average Bonchev–Trinajstić information content (AvgIpc) is 3.36. The van der Waals surface area contributed by atoms with Gasteiger partial charge in [0, 0.05) is 10.9 Å². The maximum atomic E-state index is 14.4. The highest BCUT2D eigenvalue weighted by molar-refractivity contribution is 7.14. The number of carbonyl (C=O) groups excluding carboxylic acids is 1. The van der Waals surface area contributed by atoms with Gasteiger partial charge in [-0.25, -0.2) is 18.6 Å². The minimum atomic E-state index is -1.43. The zero-order valence-corrected chi connectivity index (χ0v) is 16.5. The smallest absolute Gasteiger partial charge is 0.339 e. The van der Waals surface area contributed by atoms with Crippen LogP contribution in [0.15, 0.2) is 40.1 Å². The number of anilines is 1. The summed E-state index contributed by atoms with van der Waals surface area (Å²) in [6, 6.07) is 9.17. The maximum absolute atomic E-state index is 14.4. The second kappa shape index (κ2) is 7.62. The van der Waals surface area contributed by atoms with Crippen molar-refractivity contribution in [2.45, 2.75) is 6.92 Å². The Balaban J connectivity index is 1.73. The molecule has 0 bridgehead atoms. The lowest BCUT2D eigenvalue weighted by Crippen LogP contribution is -2.14. The van der Waals surface area contributed by atoms with Gasteiger partial charge in [0.05, 0.1) is 16.1 Å². The molecule has 7 nitrogen and oxygen atoms in total. The van der Waals surface area contributed by atoms with E-state index in [1.54, 1.807) is 12.1 Å². The molecule has 31 heavy (non-hydrogen) atoms. The van der Waals surface area contributed by atoms with Crippen molar-refractivity contribution in [3.8, 4) is 16.5 Å². The number of carboxylic acid groups (broad SMARTS) is 1. The number of amides is 1. The summed E-state index contributed by atoms with van der Waals surface area (Å²) in [7, 11) is 0. The molecule has 4 rings (SSSR count). The molecule has 0 spiro atoms. The number of hydrogen-bond donors (Lipinski definition) is 2. The minimum absolute atomic E-state index is 0.0523. The van der Waals surface area contributed by atoms with Gasteiger partial charge in [-0.3, -0.25) is 4.79 Å². The zero-order valence-electron chi connectivity index (χ0n) is 15.7. The molecule has 0 aliphatic rings. The molecule has 0 aliphatic carbocycles. The van der Waals surface area contributed by atoms with E-state index in [2.05, 4.69) is 10.3 Å². The first-order valence-electron chi connectivity index (χ1n) is 8.72. The molecule has 0 saturated heterocycles. The van der Waals surface area contributed by atoms with Gasteiger partial charge in [-0.1, -0.05) is 18.2 Å². The van der Waals surface area contributed by atoms with Gasteiger partial charge in [0.25, 0.3) is 5.89 Å². The highest BCUT2D eigenvalue weighted by Crippen LogP contribution is 2.38. The number of nitriles is 1. The first-order valence-corrected chi connectivity index (χ1v) is 9.60. The fourth-order valence-corrected chi connectivity index (χ4v) is 4.00. The molecular weight excluding hydrogens is 428 g/mol. The minimum Gasteiger partial charge on any atom is -0.478 e. The second-order valence-electron chi connectivity index (χ2n) is 6.46. The third kappa shape index (κ3) is 3.41. The van der Waals surface area contributed by atoms with Crippen molar-refractivity contribution in [3.05, 3.63) is 69.9 Å². The van der Waals surface area contributed by atoms with E-state index in [4.69, 9.17) is 9.68 Å². The molecule has 1 amide bonds. The van der Waals surface area contributed by atoms with Crippen molar-refractivity contribution < 1.29 is 27.9 Å². The number of carboxylic acids is 1. The molecule has 2 aromatic carbocycles. The lowest BCUT2D eigenvalue weighted by molar-refractivity contribution is 0.0699. The van der Waals surface area contributed by atoms with Crippen molar-refractivity contribution in [2.75, 3.05) is 5.32 Å². The highest BCUT2D eigenvalue weighted by Gasteiger charge is 2.26. The van der Waals surface area contributed by atoms with Crippen LogP contribution in [0.2, 0.25) is 0 Å². The van der Waals surface area contributed by atoms with Gasteiger partial charge in [-0.05, 0) is 24.6 Å². The van der Waals surface area contributed by atoms with Crippen LogP contribution in [0.3, 0.4) is 0 Å². The van der Waals surface area contributed by atoms with Gasteiger partial charge in [-0.2, -0.15) is 5.26 Å². The van der Waals surface area contributed by atoms with Crippen LogP contribution >= 0.6 is 11.3 Å². The summed E-state index contributed by atoms with van der Waals surface area (Å²) in [5.41, 5.74) is -0.0787. The highest BCUT2D eigenvalue weighted by atomic mass is 32.1. The quantitative estimate of drug-likeness (QED) is 0.464. The first-order chi connectivity index (χ1) is 14.8. The Labute approximate surface area is 177 Å². The Morgan fingerprint density at radius 2 is 2.00 bits per heavy atom. The number of para-hydroxylation sites is 1. The third-order valence-electron chi connectivity index (χ3n) is 4.50. The number of benzene rings is 2. The van der Waals surface area contributed by atoms with Gasteiger partial charge >= 0.3 is 11.9 Å².